The molecule has 138 valence electrons. The number of carbonyl (C=O) groups is 2. The number of unbranched alkanes of at least 4 members (excludes halogenated alkanes) is 3. The number of aldehydes is 1. The predicted octanol–water partition coefficient (Wildman–Crippen LogP) is 3.34. The first kappa shape index (κ1) is 19.7. The van der Waals surface area contributed by atoms with Crippen molar-refractivity contribution in [2.75, 3.05) is 19.5 Å². The summed E-state index contributed by atoms with van der Waals surface area (Å²) >= 11 is 1.86. The maximum atomic E-state index is 11.5. The summed E-state index contributed by atoms with van der Waals surface area (Å²) in [6.45, 7) is 0.769. The average molecular weight is 359 g/mol. The molecule has 0 N–H and O–H groups in total. The summed E-state index contributed by atoms with van der Waals surface area (Å²) in [7, 11) is 1.43. The van der Waals surface area contributed by atoms with Gasteiger partial charge in [0.1, 0.15) is 6.29 Å². The molecular weight excluding hydrogens is 328 g/mol. The molecule has 4 atom stereocenters. The molecule has 0 spiro atoms. The first-order valence-electron chi connectivity index (χ1n) is 9.15. The Morgan fingerprint density at radius 3 is 2.79 bits per heavy atom. The number of hydrogen-bond acceptors (Lipinski definition) is 6. The van der Waals surface area contributed by atoms with E-state index in [4.69, 9.17) is 9.47 Å². The summed E-state index contributed by atoms with van der Waals surface area (Å²) < 4.78 is 16.3. The fourth-order valence-electron chi connectivity index (χ4n) is 3.35. The molecule has 2 saturated heterocycles. The van der Waals surface area contributed by atoms with Gasteiger partial charge >= 0.3 is 5.97 Å². The number of methoxy groups -OCH3 is 1. The van der Waals surface area contributed by atoms with E-state index >= 15 is 0 Å². The number of ether oxygens (including phenoxy) is 3. The van der Waals surface area contributed by atoms with Crippen molar-refractivity contribution >= 4 is 24.0 Å². The van der Waals surface area contributed by atoms with Gasteiger partial charge < -0.3 is 19.0 Å². The van der Waals surface area contributed by atoms with E-state index in [0.717, 1.165) is 70.0 Å². The zero-order valence-electron chi connectivity index (χ0n) is 14.6. The zero-order chi connectivity index (χ0) is 17.2. The van der Waals surface area contributed by atoms with E-state index in [2.05, 4.69) is 4.74 Å². The topological polar surface area (TPSA) is 61.8 Å². The van der Waals surface area contributed by atoms with Crippen molar-refractivity contribution in [1.82, 2.24) is 0 Å². The Morgan fingerprint density at radius 1 is 1.25 bits per heavy atom. The standard InChI is InChI=1S/C18H30O5S/c1-21-17(20)9-5-3-2-4-8-16-14(12-19)15(13-24-16)23-18-10-6-7-11-22-18/h12,14-16,18H,2-11,13H2,1H3/t14-,15+,16+,18?/m0/s1. The summed E-state index contributed by atoms with van der Waals surface area (Å²) in [4.78, 5) is 22.6. The van der Waals surface area contributed by atoms with Crippen LogP contribution in [0.2, 0.25) is 0 Å². The van der Waals surface area contributed by atoms with Gasteiger partial charge in [0.25, 0.3) is 0 Å². The van der Waals surface area contributed by atoms with Crippen molar-refractivity contribution in [1.29, 1.82) is 0 Å². The Hall–Kier alpha value is -0.590. The van der Waals surface area contributed by atoms with E-state index < -0.39 is 0 Å². The van der Waals surface area contributed by atoms with Crippen molar-refractivity contribution in [3.63, 3.8) is 0 Å². The van der Waals surface area contributed by atoms with Crippen LogP contribution in [-0.2, 0) is 23.8 Å². The molecule has 0 aliphatic carbocycles. The number of esters is 1. The number of rotatable bonds is 10. The van der Waals surface area contributed by atoms with E-state index in [0.29, 0.717) is 11.7 Å². The molecule has 0 saturated carbocycles. The Kier molecular flexibility index (Phi) is 9.13. The molecule has 0 aromatic rings. The number of thioether (sulfide) groups is 1. The second-order valence-corrected chi connectivity index (χ2v) is 7.86. The van der Waals surface area contributed by atoms with Crippen molar-refractivity contribution in [2.24, 2.45) is 5.92 Å². The van der Waals surface area contributed by atoms with Gasteiger partial charge in [-0.05, 0) is 32.1 Å². The van der Waals surface area contributed by atoms with E-state index in [1.165, 1.54) is 7.11 Å². The monoisotopic (exact) mass is 358 g/mol. The van der Waals surface area contributed by atoms with Crippen LogP contribution in [0.5, 0.6) is 0 Å². The first-order valence-corrected chi connectivity index (χ1v) is 10.2. The predicted molar refractivity (Wildman–Crippen MR) is 94.0 cm³/mol. The summed E-state index contributed by atoms with van der Waals surface area (Å²) in [5, 5.41) is 0.358. The average Bonchev–Trinajstić information content (AvgIpc) is 3.00. The third-order valence-electron chi connectivity index (χ3n) is 4.80. The lowest BCUT2D eigenvalue weighted by Gasteiger charge is -2.27. The van der Waals surface area contributed by atoms with Gasteiger partial charge in [0, 0.05) is 24.0 Å². The molecule has 0 radical (unpaired) electrons. The van der Waals surface area contributed by atoms with E-state index in [1.807, 2.05) is 11.8 Å². The number of hydrogen-bond donors (Lipinski definition) is 0. The van der Waals surface area contributed by atoms with Gasteiger partial charge in [-0.2, -0.15) is 11.8 Å². The summed E-state index contributed by atoms with van der Waals surface area (Å²) in [5.41, 5.74) is 0. The highest BCUT2D eigenvalue weighted by atomic mass is 32.2. The largest absolute Gasteiger partial charge is 0.469 e. The molecular formula is C18H30O5S. The fourth-order valence-corrected chi connectivity index (χ4v) is 4.88. The second-order valence-electron chi connectivity index (χ2n) is 6.58. The molecule has 0 aromatic carbocycles. The molecule has 0 bridgehead atoms. The Balaban J connectivity index is 1.62. The van der Waals surface area contributed by atoms with E-state index in [-0.39, 0.29) is 24.3 Å². The highest BCUT2D eigenvalue weighted by Gasteiger charge is 2.38. The molecule has 24 heavy (non-hydrogen) atoms. The van der Waals surface area contributed by atoms with Crippen LogP contribution in [0, 0.1) is 5.92 Å². The maximum Gasteiger partial charge on any atom is 0.305 e. The number of carbonyl (C=O) groups excluding carboxylic acids is 2. The van der Waals surface area contributed by atoms with Gasteiger partial charge in [-0.3, -0.25) is 4.79 Å². The van der Waals surface area contributed by atoms with Crippen molar-refractivity contribution < 1.29 is 23.8 Å². The van der Waals surface area contributed by atoms with Crippen LogP contribution >= 0.6 is 11.8 Å². The van der Waals surface area contributed by atoms with Crippen molar-refractivity contribution in [3.05, 3.63) is 0 Å². The third-order valence-corrected chi connectivity index (χ3v) is 6.30. The first-order chi connectivity index (χ1) is 11.7. The molecule has 2 aliphatic heterocycles. The Labute approximate surface area is 149 Å². The molecule has 2 fully saturated rings. The van der Waals surface area contributed by atoms with Crippen LogP contribution in [0.4, 0.5) is 0 Å². The highest BCUT2D eigenvalue weighted by Crippen LogP contribution is 2.37. The quantitative estimate of drug-likeness (QED) is 0.339. The highest BCUT2D eigenvalue weighted by molar-refractivity contribution is 8.00. The van der Waals surface area contributed by atoms with E-state index in [1.54, 1.807) is 0 Å². The molecule has 0 amide bonds. The van der Waals surface area contributed by atoms with Gasteiger partial charge in [-0.1, -0.05) is 19.3 Å². The minimum atomic E-state index is -0.132. The normalized spacial score (nSPS) is 30.2. The van der Waals surface area contributed by atoms with Crippen LogP contribution in [-0.4, -0.2) is 49.4 Å². The lowest BCUT2D eigenvalue weighted by Crippen LogP contribution is -2.34. The van der Waals surface area contributed by atoms with Gasteiger partial charge in [-0.15, -0.1) is 0 Å². The summed E-state index contributed by atoms with van der Waals surface area (Å²) in [6.07, 6.45) is 9.80. The van der Waals surface area contributed by atoms with Crippen LogP contribution in [0.1, 0.15) is 57.8 Å². The van der Waals surface area contributed by atoms with Gasteiger partial charge in [0.15, 0.2) is 6.29 Å². The maximum absolute atomic E-state index is 11.5. The Bertz CT molecular complexity index is 384. The lowest BCUT2D eigenvalue weighted by molar-refractivity contribution is -0.190. The van der Waals surface area contributed by atoms with Crippen LogP contribution < -0.4 is 0 Å². The molecule has 2 heterocycles. The lowest BCUT2D eigenvalue weighted by atomic mass is 9.96. The molecule has 2 aliphatic rings. The van der Waals surface area contributed by atoms with Gasteiger partial charge in [0.2, 0.25) is 0 Å². The fraction of sp³-hybridized carbons (Fsp3) is 0.889. The van der Waals surface area contributed by atoms with Gasteiger partial charge in [-0.25, -0.2) is 0 Å². The molecule has 5 nitrogen and oxygen atoms in total. The summed E-state index contributed by atoms with van der Waals surface area (Å²) in [6, 6.07) is 0. The molecule has 0 aromatic heterocycles. The minimum Gasteiger partial charge on any atom is -0.469 e. The molecule has 2 rings (SSSR count). The third kappa shape index (κ3) is 6.37. The van der Waals surface area contributed by atoms with Crippen LogP contribution in [0.3, 0.4) is 0 Å². The van der Waals surface area contributed by atoms with Gasteiger partial charge in [0.05, 0.1) is 19.1 Å². The van der Waals surface area contributed by atoms with E-state index in [9.17, 15) is 9.59 Å². The molecule has 6 heteroatoms. The molecule has 1 unspecified atom stereocenters. The van der Waals surface area contributed by atoms with Crippen molar-refractivity contribution in [3.8, 4) is 0 Å². The SMILES string of the molecule is COC(=O)CCCCCC[C@H]1SC[C@@H](OC2CCCCO2)[C@@H]1C=O. The summed E-state index contributed by atoms with van der Waals surface area (Å²) in [5.74, 6) is 0.735. The van der Waals surface area contributed by atoms with Crippen LogP contribution in [0.25, 0.3) is 0 Å². The smallest absolute Gasteiger partial charge is 0.305 e. The Morgan fingerprint density at radius 2 is 2.08 bits per heavy atom. The second kappa shape index (κ2) is 11.1. The minimum absolute atomic E-state index is 0.0000700. The van der Waals surface area contributed by atoms with Crippen LogP contribution in [0.15, 0.2) is 0 Å². The zero-order valence-corrected chi connectivity index (χ0v) is 15.4. The van der Waals surface area contributed by atoms with Crippen molar-refractivity contribution in [2.45, 2.75) is 75.4 Å².